The second-order valence-electron chi connectivity index (χ2n) is 5.51. The minimum Gasteiger partial charge on any atom is -0.390 e. The van der Waals surface area contributed by atoms with Gasteiger partial charge < -0.3 is 5.11 Å². The van der Waals surface area contributed by atoms with Crippen LogP contribution in [0.15, 0.2) is 12.1 Å². The van der Waals surface area contributed by atoms with Crippen LogP contribution in [0.1, 0.15) is 43.1 Å². The fraction of sp³-hybridized carbons (Fsp3) is 0.615. The standard InChI is InChI=1S/C13H17NO/c1-13(2)8-5-11(13)10-4-3-9(7-15)14-12(10)6-8/h3-4,8,11,15H,5-7H2,1-2H3/t8-,11+/m1/s1. The van der Waals surface area contributed by atoms with E-state index >= 15 is 0 Å². The van der Waals surface area contributed by atoms with Crippen molar-refractivity contribution in [2.75, 3.05) is 0 Å². The predicted octanol–water partition coefficient (Wildman–Crippen LogP) is 2.26. The molecular weight excluding hydrogens is 186 g/mol. The van der Waals surface area contributed by atoms with Crippen molar-refractivity contribution in [3.05, 3.63) is 29.1 Å². The van der Waals surface area contributed by atoms with Crippen LogP contribution in [0.3, 0.4) is 0 Å². The molecule has 80 valence electrons. The highest BCUT2D eigenvalue weighted by Crippen LogP contribution is 2.61. The SMILES string of the molecule is CC1(C)[C@H]2Cc3nc(CO)ccc3[C@@H]1C2. The van der Waals surface area contributed by atoms with Gasteiger partial charge in [0.25, 0.3) is 0 Å². The normalized spacial score (nSPS) is 30.6. The molecule has 2 heteroatoms. The molecule has 1 saturated carbocycles. The maximum Gasteiger partial charge on any atom is 0.0853 e. The Morgan fingerprint density at radius 2 is 2.27 bits per heavy atom. The lowest BCUT2D eigenvalue weighted by molar-refractivity contribution is 0.0167. The van der Waals surface area contributed by atoms with E-state index in [1.807, 2.05) is 6.07 Å². The van der Waals surface area contributed by atoms with Crippen molar-refractivity contribution in [1.82, 2.24) is 4.98 Å². The van der Waals surface area contributed by atoms with E-state index in [2.05, 4.69) is 24.9 Å². The molecular formula is C13H17NO. The molecule has 1 N–H and O–H groups in total. The maximum atomic E-state index is 9.06. The van der Waals surface area contributed by atoms with Crippen molar-refractivity contribution in [2.45, 2.75) is 39.2 Å². The van der Waals surface area contributed by atoms with Gasteiger partial charge in [0.1, 0.15) is 0 Å². The first kappa shape index (κ1) is 9.34. The Morgan fingerprint density at radius 3 is 2.93 bits per heavy atom. The van der Waals surface area contributed by atoms with Gasteiger partial charge >= 0.3 is 0 Å². The quantitative estimate of drug-likeness (QED) is 0.759. The summed E-state index contributed by atoms with van der Waals surface area (Å²) in [5.74, 6) is 1.50. The molecule has 0 radical (unpaired) electrons. The number of hydrogen-bond acceptors (Lipinski definition) is 2. The van der Waals surface area contributed by atoms with Crippen LogP contribution in [0.5, 0.6) is 0 Å². The average Bonchev–Trinajstić information content (AvgIpc) is 2.27. The van der Waals surface area contributed by atoms with Crippen LogP contribution in [-0.4, -0.2) is 10.1 Å². The molecule has 1 fully saturated rings. The molecule has 1 aromatic heterocycles. The van der Waals surface area contributed by atoms with Crippen LogP contribution in [0.2, 0.25) is 0 Å². The van der Waals surface area contributed by atoms with Gasteiger partial charge in [-0.2, -0.15) is 0 Å². The van der Waals surface area contributed by atoms with Crippen LogP contribution in [-0.2, 0) is 13.0 Å². The number of hydrogen-bond donors (Lipinski definition) is 1. The molecule has 0 unspecified atom stereocenters. The second kappa shape index (κ2) is 2.82. The van der Waals surface area contributed by atoms with Gasteiger partial charge in [-0.1, -0.05) is 19.9 Å². The fourth-order valence-electron chi connectivity index (χ4n) is 3.25. The number of aliphatic hydroxyl groups is 1. The van der Waals surface area contributed by atoms with Crippen molar-refractivity contribution >= 4 is 0 Å². The fourth-order valence-corrected chi connectivity index (χ4v) is 3.25. The summed E-state index contributed by atoms with van der Waals surface area (Å²) in [6.07, 6.45) is 2.44. The molecule has 0 aliphatic heterocycles. The smallest absolute Gasteiger partial charge is 0.0853 e. The third-order valence-corrected chi connectivity index (χ3v) is 4.51. The van der Waals surface area contributed by atoms with Crippen LogP contribution < -0.4 is 0 Å². The van der Waals surface area contributed by atoms with E-state index in [0.717, 1.165) is 18.0 Å². The predicted molar refractivity (Wildman–Crippen MR) is 58.5 cm³/mol. The molecule has 3 aliphatic rings. The van der Waals surface area contributed by atoms with E-state index in [4.69, 9.17) is 5.11 Å². The summed E-state index contributed by atoms with van der Waals surface area (Å²) in [6.45, 7) is 4.80. The van der Waals surface area contributed by atoms with Gasteiger partial charge in [-0.05, 0) is 41.7 Å². The zero-order chi connectivity index (χ0) is 10.6. The molecule has 0 saturated heterocycles. The molecule has 2 atom stereocenters. The highest BCUT2D eigenvalue weighted by molar-refractivity contribution is 5.36. The molecule has 2 nitrogen and oxygen atoms in total. The van der Waals surface area contributed by atoms with Gasteiger partial charge in [0.15, 0.2) is 0 Å². The first-order valence-corrected chi connectivity index (χ1v) is 5.72. The van der Waals surface area contributed by atoms with Crippen LogP contribution >= 0.6 is 0 Å². The first-order chi connectivity index (χ1) is 7.13. The Morgan fingerprint density at radius 1 is 1.47 bits per heavy atom. The van der Waals surface area contributed by atoms with E-state index in [9.17, 15) is 0 Å². The molecule has 0 amide bonds. The third kappa shape index (κ3) is 1.11. The molecule has 15 heavy (non-hydrogen) atoms. The van der Waals surface area contributed by atoms with Crippen LogP contribution in [0.4, 0.5) is 0 Å². The Kier molecular flexibility index (Phi) is 1.76. The molecule has 1 heterocycles. The highest BCUT2D eigenvalue weighted by atomic mass is 16.3. The van der Waals surface area contributed by atoms with Crippen molar-refractivity contribution in [2.24, 2.45) is 11.3 Å². The third-order valence-electron chi connectivity index (χ3n) is 4.51. The number of pyridine rings is 1. The summed E-state index contributed by atoms with van der Waals surface area (Å²) in [4.78, 5) is 4.53. The van der Waals surface area contributed by atoms with E-state index < -0.39 is 0 Å². The van der Waals surface area contributed by atoms with Crippen molar-refractivity contribution in [1.29, 1.82) is 0 Å². The Bertz CT molecular complexity index is 411. The summed E-state index contributed by atoms with van der Waals surface area (Å²) >= 11 is 0. The van der Waals surface area contributed by atoms with Gasteiger partial charge in [0.05, 0.1) is 12.3 Å². The van der Waals surface area contributed by atoms with Crippen molar-refractivity contribution in [3.8, 4) is 0 Å². The largest absolute Gasteiger partial charge is 0.390 e. The molecule has 1 aromatic rings. The van der Waals surface area contributed by atoms with Crippen molar-refractivity contribution < 1.29 is 5.11 Å². The molecule has 2 bridgehead atoms. The lowest BCUT2D eigenvalue weighted by Gasteiger charge is -2.56. The molecule has 3 aliphatic carbocycles. The van der Waals surface area contributed by atoms with Gasteiger partial charge in [-0.15, -0.1) is 0 Å². The molecule has 0 aromatic carbocycles. The summed E-state index contributed by atoms with van der Waals surface area (Å²) < 4.78 is 0. The Labute approximate surface area is 90.4 Å². The first-order valence-electron chi connectivity index (χ1n) is 5.72. The minimum absolute atomic E-state index is 0.0615. The summed E-state index contributed by atoms with van der Waals surface area (Å²) in [6, 6.07) is 4.14. The number of nitrogens with zero attached hydrogens (tertiary/aromatic N) is 1. The average molecular weight is 203 g/mol. The molecule has 4 rings (SSSR count). The van der Waals surface area contributed by atoms with E-state index in [0.29, 0.717) is 11.3 Å². The second-order valence-corrected chi connectivity index (χ2v) is 5.51. The lowest BCUT2D eigenvalue weighted by atomic mass is 9.48. The summed E-state index contributed by atoms with van der Waals surface area (Å²) in [7, 11) is 0. The monoisotopic (exact) mass is 203 g/mol. The zero-order valence-electron chi connectivity index (χ0n) is 9.33. The van der Waals surface area contributed by atoms with E-state index in [1.54, 1.807) is 0 Å². The number of rotatable bonds is 1. The minimum atomic E-state index is 0.0615. The van der Waals surface area contributed by atoms with E-state index in [1.165, 1.54) is 17.7 Å². The zero-order valence-corrected chi connectivity index (χ0v) is 9.33. The van der Waals surface area contributed by atoms with Gasteiger partial charge in [-0.25, -0.2) is 0 Å². The van der Waals surface area contributed by atoms with Crippen LogP contribution in [0, 0.1) is 11.3 Å². The Hall–Kier alpha value is -0.890. The number of aromatic nitrogens is 1. The molecule has 0 spiro atoms. The van der Waals surface area contributed by atoms with Gasteiger partial charge in [-0.3, -0.25) is 4.98 Å². The number of aliphatic hydroxyl groups excluding tert-OH is 1. The topological polar surface area (TPSA) is 33.1 Å². The van der Waals surface area contributed by atoms with Gasteiger partial charge in [0.2, 0.25) is 0 Å². The summed E-state index contributed by atoms with van der Waals surface area (Å²) in [5.41, 5.74) is 3.95. The van der Waals surface area contributed by atoms with Crippen LogP contribution in [0.25, 0.3) is 0 Å². The van der Waals surface area contributed by atoms with Gasteiger partial charge in [0, 0.05) is 5.69 Å². The van der Waals surface area contributed by atoms with E-state index in [-0.39, 0.29) is 6.61 Å². The van der Waals surface area contributed by atoms with Crippen molar-refractivity contribution in [3.63, 3.8) is 0 Å². The maximum absolute atomic E-state index is 9.06. The highest BCUT2D eigenvalue weighted by Gasteiger charge is 2.52. The summed E-state index contributed by atoms with van der Waals surface area (Å²) in [5, 5.41) is 9.06. The lowest BCUT2D eigenvalue weighted by Crippen LogP contribution is -2.48. The Balaban J connectivity index is 2.05.